The third-order valence-electron chi connectivity index (χ3n) is 6.89. The van der Waals surface area contributed by atoms with Gasteiger partial charge in [0.25, 0.3) is 0 Å². The average Bonchev–Trinajstić information content (AvgIpc) is 3.40. The summed E-state index contributed by atoms with van der Waals surface area (Å²) in [5, 5.41) is 19.8. The zero-order chi connectivity index (χ0) is 27.9. The molecule has 2 aromatic carbocycles. The molecule has 40 heavy (non-hydrogen) atoms. The first-order valence-corrected chi connectivity index (χ1v) is 13.2. The Bertz CT molecular complexity index is 1460. The molecule has 0 unspecified atom stereocenters. The second-order valence-electron chi connectivity index (χ2n) is 9.77. The summed E-state index contributed by atoms with van der Waals surface area (Å²) < 4.78 is 34.5. The normalized spacial score (nSPS) is 14.4. The molecule has 210 valence electrons. The van der Waals surface area contributed by atoms with Gasteiger partial charge in [-0.3, -0.25) is 9.48 Å². The van der Waals surface area contributed by atoms with Gasteiger partial charge in [-0.05, 0) is 62.5 Å². The van der Waals surface area contributed by atoms with Crippen LogP contribution in [0, 0.1) is 17.6 Å². The third kappa shape index (κ3) is 6.88. The number of carbonyl (C=O) groups is 1. The number of ether oxygens (including phenoxy) is 1. The zero-order valence-corrected chi connectivity index (χ0v) is 21.9. The van der Waals surface area contributed by atoms with Gasteiger partial charge >= 0.3 is 0 Å². The Hall–Kier alpha value is -4.16. The van der Waals surface area contributed by atoms with E-state index in [1.165, 1.54) is 29.3 Å². The van der Waals surface area contributed by atoms with Crippen LogP contribution < -0.4 is 15.4 Å². The Kier molecular flexibility index (Phi) is 8.77. The summed E-state index contributed by atoms with van der Waals surface area (Å²) in [4.78, 5) is 23.4. The number of hydrogen-bond acceptors (Lipinski definition) is 8. The standard InChI is InChI=1S/C28H31F2N7O3/c29-23-3-1-4-24(27(23)30)35-26(39)16-37-15-20(14-33-37)34-28-22-6-5-21(13-25(22)31-18-32-28)40-12-2-9-36-10-7-19(17-38)8-11-36/h1,3-6,13-15,18-19,38H,2,7-12,16-17H2,(H,35,39)(H,31,32,34). The topological polar surface area (TPSA) is 117 Å². The minimum Gasteiger partial charge on any atom is -0.493 e. The lowest BCUT2D eigenvalue weighted by atomic mass is 9.98. The van der Waals surface area contributed by atoms with Gasteiger partial charge in [-0.15, -0.1) is 0 Å². The van der Waals surface area contributed by atoms with E-state index >= 15 is 0 Å². The highest BCUT2D eigenvalue weighted by Crippen LogP contribution is 2.26. The van der Waals surface area contributed by atoms with Gasteiger partial charge in [-0.1, -0.05) is 6.07 Å². The van der Waals surface area contributed by atoms with Gasteiger partial charge in [0.1, 0.15) is 24.4 Å². The van der Waals surface area contributed by atoms with Crippen LogP contribution in [0.1, 0.15) is 19.3 Å². The molecule has 10 nitrogen and oxygen atoms in total. The summed E-state index contributed by atoms with van der Waals surface area (Å²) in [6.07, 6.45) is 7.61. The van der Waals surface area contributed by atoms with Crippen LogP contribution in [0.15, 0.2) is 55.1 Å². The van der Waals surface area contributed by atoms with Gasteiger partial charge in [0, 0.05) is 30.8 Å². The highest BCUT2D eigenvalue weighted by molar-refractivity contribution is 5.92. The molecule has 1 amide bonds. The predicted octanol–water partition coefficient (Wildman–Crippen LogP) is 3.96. The van der Waals surface area contributed by atoms with Crippen molar-refractivity contribution in [2.75, 3.05) is 43.5 Å². The Morgan fingerprint density at radius 2 is 2.00 bits per heavy atom. The fourth-order valence-electron chi connectivity index (χ4n) is 4.69. The van der Waals surface area contributed by atoms with E-state index in [1.54, 1.807) is 6.20 Å². The second kappa shape index (κ2) is 12.8. The molecule has 1 aliphatic rings. The molecule has 3 heterocycles. The molecular formula is C28H31F2N7O3. The van der Waals surface area contributed by atoms with Gasteiger partial charge in [0.2, 0.25) is 5.91 Å². The lowest BCUT2D eigenvalue weighted by molar-refractivity contribution is -0.116. The van der Waals surface area contributed by atoms with Gasteiger partial charge < -0.3 is 25.4 Å². The van der Waals surface area contributed by atoms with Crippen LogP contribution in [0.3, 0.4) is 0 Å². The number of aliphatic hydroxyl groups is 1. The van der Waals surface area contributed by atoms with E-state index in [1.807, 2.05) is 18.2 Å². The van der Waals surface area contributed by atoms with Crippen molar-refractivity contribution in [3.8, 4) is 5.75 Å². The van der Waals surface area contributed by atoms with Crippen molar-refractivity contribution in [1.82, 2.24) is 24.6 Å². The Morgan fingerprint density at radius 1 is 1.15 bits per heavy atom. The van der Waals surface area contributed by atoms with Gasteiger partial charge in [0.15, 0.2) is 11.6 Å². The Balaban J connectivity index is 1.14. The number of fused-ring (bicyclic) bond motifs is 1. The number of aromatic nitrogens is 4. The minimum atomic E-state index is -1.11. The summed E-state index contributed by atoms with van der Waals surface area (Å²) in [5.74, 6) is -0.971. The van der Waals surface area contributed by atoms with Crippen molar-refractivity contribution in [2.24, 2.45) is 5.92 Å². The molecule has 3 N–H and O–H groups in total. The molecule has 0 atom stereocenters. The van der Waals surface area contributed by atoms with Crippen molar-refractivity contribution in [2.45, 2.75) is 25.8 Å². The predicted molar refractivity (Wildman–Crippen MR) is 146 cm³/mol. The minimum absolute atomic E-state index is 0.191. The molecule has 0 radical (unpaired) electrons. The number of amides is 1. The summed E-state index contributed by atoms with van der Waals surface area (Å²) in [5.41, 5.74) is 1.07. The van der Waals surface area contributed by atoms with E-state index in [9.17, 15) is 18.7 Å². The number of halogens is 2. The summed E-state index contributed by atoms with van der Waals surface area (Å²) in [6.45, 7) is 3.71. The number of aliphatic hydroxyl groups excluding tert-OH is 1. The number of nitrogens with zero attached hydrogens (tertiary/aromatic N) is 5. The average molecular weight is 552 g/mol. The van der Waals surface area contributed by atoms with E-state index in [-0.39, 0.29) is 18.8 Å². The van der Waals surface area contributed by atoms with Crippen LogP contribution >= 0.6 is 0 Å². The fourth-order valence-corrected chi connectivity index (χ4v) is 4.69. The summed E-state index contributed by atoms with van der Waals surface area (Å²) >= 11 is 0. The number of carbonyl (C=O) groups excluding carboxylic acids is 1. The molecule has 1 fully saturated rings. The van der Waals surface area contributed by atoms with Crippen LogP contribution in [-0.4, -0.2) is 68.5 Å². The van der Waals surface area contributed by atoms with Gasteiger partial charge in [-0.25, -0.2) is 18.7 Å². The quantitative estimate of drug-likeness (QED) is 0.240. The fraction of sp³-hybridized carbons (Fsp3) is 0.357. The van der Waals surface area contributed by atoms with Crippen molar-refractivity contribution in [3.05, 3.63) is 66.8 Å². The highest BCUT2D eigenvalue weighted by atomic mass is 19.2. The number of nitrogens with one attached hydrogen (secondary N) is 2. The van der Waals surface area contributed by atoms with E-state index in [4.69, 9.17) is 4.74 Å². The number of hydrogen-bond donors (Lipinski definition) is 3. The number of likely N-dealkylation sites (tertiary alicyclic amines) is 1. The maximum Gasteiger partial charge on any atom is 0.246 e. The molecule has 5 rings (SSSR count). The Labute approximate surface area is 230 Å². The molecule has 0 bridgehead atoms. The van der Waals surface area contributed by atoms with Gasteiger partial charge in [-0.2, -0.15) is 5.10 Å². The maximum atomic E-state index is 13.8. The number of anilines is 3. The Morgan fingerprint density at radius 3 is 2.83 bits per heavy atom. The van der Waals surface area contributed by atoms with Crippen molar-refractivity contribution >= 4 is 34.0 Å². The van der Waals surface area contributed by atoms with E-state index in [0.717, 1.165) is 56.1 Å². The number of benzene rings is 2. The molecule has 12 heteroatoms. The van der Waals surface area contributed by atoms with Crippen molar-refractivity contribution < 1.29 is 23.4 Å². The monoisotopic (exact) mass is 551 g/mol. The molecule has 1 saturated heterocycles. The zero-order valence-electron chi connectivity index (χ0n) is 21.9. The summed E-state index contributed by atoms with van der Waals surface area (Å²) in [7, 11) is 0. The largest absolute Gasteiger partial charge is 0.493 e. The molecule has 0 spiro atoms. The van der Waals surface area contributed by atoms with Crippen LogP contribution in [0.2, 0.25) is 0 Å². The van der Waals surface area contributed by atoms with Crippen molar-refractivity contribution in [1.29, 1.82) is 0 Å². The molecule has 2 aromatic heterocycles. The van der Waals surface area contributed by atoms with Crippen LogP contribution in [0.4, 0.5) is 26.0 Å². The van der Waals surface area contributed by atoms with E-state index < -0.39 is 17.5 Å². The van der Waals surface area contributed by atoms with Crippen molar-refractivity contribution in [3.63, 3.8) is 0 Å². The van der Waals surface area contributed by atoms with Crippen LogP contribution in [-0.2, 0) is 11.3 Å². The first-order valence-electron chi connectivity index (χ1n) is 13.2. The first-order chi connectivity index (χ1) is 19.5. The summed E-state index contributed by atoms with van der Waals surface area (Å²) in [6, 6.07) is 9.21. The van der Waals surface area contributed by atoms with E-state index in [0.29, 0.717) is 29.5 Å². The maximum absolute atomic E-state index is 13.8. The number of piperidine rings is 1. The van der Waals surface area contributed by atoms with Crippen LogP contribution in [0.25, 0.3) is 10.9 Å². The second-order valence-corrected chi connectivity index (χ2v) is 9.77. The first kappa shape index (κ1) is 27.4. The SMILES string of the molecule is O=C(Cn1cc(Nc2ncnc3cc(OCCCN4CCC(CO)CC4)ccc23)cn1)Nc1cccc(F)c1F. The van der Waals surface area contributed by atoms with E-state index in [2.05, 4.69) is 30.6 Å². The smallest absolute Gasteiger partial charge is 0.246 e. The molecule has 0 aliphatic carbocycles. The lowest BCUT2D eigenvalue weighted by Gasteiger charge is -2.30. The van der Waals surface area contributed by atoms with Gasteiger partial charge in [0.05, 0.1) is 29.7 Å². The number of rotatable bonds is 11. The molecule has 0 saturated carbocycles. The molecule has 4 aromatic rings. The lowest BCUT2D eigenvalue weighted by Crippen LogP contribution is -2.35. The van der Waals surface area contributed by atoms with Crippen LogP contribution in [0.5, 0.6) is 5.75 Å². The highest BCUT2D eigenvalue weighted by Gasteiger charge is 2.18. The molecular weight excluding hydrogens is 520 g/mol. The third-order valence-corrected chi connectivity index (χ3v) is 6.89. The molecule has 1 aliphatic heterocycles.